The molecule has 3 heteroatoms. The zero-order valence-corrected chi connectivity index (χ0v) is 12.8. The van der Waals surface area contributed by atoms with E-state index in [0.29, 0.717) is 19.0 Å². The van der Waals surface area contributed by atoms with Gasteiger partial charge in [0.1, 0.15) is 0 Å². The lowest BCUT2D eigenvalue weighted by molar-refractivity contribution is -0.124. The third-order valence-electron chi connectivity index (χ3n) is 4.53. The van der Waals surface area contributed by atoms with Gasteiger partial charge >= 0.3 is 0 Å². The number of rotatable bonds is 8. The van der Waals surface area contributed by atoms with Crippen molar-refractivity contribution in [1.29, 1.82) is 0 Å². The van der Waals surface area contributed by atoms with Gasteiger partial charge in [-0.3, -0.25) is 4.79 Å². The van der Waals surface area contributed by atoms with Crippen molar-refractivity contribution >= 4 is 5.91 Å². The number of carbonyl (C=O) groups excluding carboxylic acids is 1. The highest BCUT2D eigenvalue weighted by atomic mass is 16.1. The van der Waals surface area contributed by atoms with Gasteiger partial charge in [0.15, 0.2) is 0 Å². The molecule has 1 aliphatic carbocycles. The largest absolute Gasteiger partial charge is 0.354 e. The van der Waals surface area contributed by atoms with Crippen LogP contribution in [0.3, 0.4) is 0 Å². The average Bonchev–Trinajstić information content (AvgIpc) is 2.40. The van der Waals surface area contributed by atoms with Gasteiger partial charge in [-0.1, -0.05) is 45.4 Å². The Labute approximate surface area is 118 Å². The molecule has 112 valence electrons. The van der Waals surface area contributed by atoms with E-state index >= 15 is 0 Å². The number of hydrogen-bond acceptors (Lipinski definition) is 2. The molecule has 1 aliphatic rings. The Morgan fingerprint density at radius 3 is 2.53 bits per heavy atom. The first kappa shape index (κ1) is 16.5. The van der Waals surface area contributed by atoms with E-state index in [0.717, 1.165) is 19.3 Å². The van der Waals surface area contributed by atoms with E-state index in [1.54, 1.807) is 0 Å². The smallest absolute Gasteiger partial charge is 0.220 e. The lowest BCUT2D eigenvalue weighted by atomic mass is 9.71. The van der Waals surface area contributed by atoms with E-state index in [9.17, 15) is 4.79 Å². The van der Waals surface area contributed by atoms with Gasteiger partial charge in [0.25, 0.3) is 0 Å². The molecule has 1 amide bonds. The minimum Gasteiger partial charge on any atom is -0.354 e. The first-order valence-electron chi connectivity index (χ1n) is 8.11. The van der Waals surface area contributed by atoms with Crippen LogP contribution in [0.4, 0.5) is 0 Å². The minimum absolute atomic E-state index is 0.0888. The van der Waals surface area contributed by atoms with Crippen LogP contribution in [0.1, 0.15) is 78.1 Å². The van der Waals surface area contributed by atoms with Crippen LogP contribution in [0, 0.1) is 5.41 Å². The maximum absolute atomic E-state index is 12.2. The summed E-state index contributed by atoms with van der Waals surface area (Å²) < 4.78 is 0. The molecule has 19 heavy (non-hydrogen) atoms. The third kappa shape index (κ3) is 5.94. The molecule has 1 saturated carbocycles. The summed E-state index contributed by atoms with van der Waals surface area (Å²) in [7, 11) is 0. The summed E-state index contributed by atoms with van der Waals surface area (Å²) in [5.74, 6) is 0.205. The molecule has 0 spiro atoms. The van der Waals surface area contributed by atoms with Crippen molar-refractivity contribution in [3.05, 3.63) is 0 Å². The first-order chi connectivity index (χ1) is 9.12. The average molecular weight is 268 g/mol. The summed E-state index contributed by atoms with van der Waals surface area (Å²) in [6.45, 7) is 4.98. The van der Waals surface area contributed by atoms with Crippen molar-refractivity contribution in [3.8, 4) is 0 Å². The summed E-state index contributed by atoms with van der Waals surface area (Å²) in [6.07, 6.45) is 11.4. The van der Waals surface area contributed by atoms with E-state index in [-0.39, 0.29) is 11.3 Å². The quantitative estimate of drug-likeness (QED) is 0.663. The van der Waals surface area contributed by atoms with Crippen LogP contribution in [0.5, 0.6) is 0 Å². The van der Waals surface area contributed by atoms with E-state index in [1.165, 1.54) is 38.5 Å². The highest BCUT2D eigenvalue weighted by molar-refractivity contribution is 5.77. The highest BCUT2D eigenvalue weighted by Crippen LogP contribution is 2.38. The number of unbranched alkanes of at least 4 members (excludes halogenated alkanes) is 2. The van der Waals surface area contributed by atoms with Gasteiger partial charge in [-0.05, 0) is 38.1 Å². The maximum atomic E-state index is 12.2. The van der Waals surface area contributed by atoms with E-state index < -0.39 is 0 Å². The molecular formula is C16H32N2O. The molecule has 1 unspecified atom stereocenters. The topological polar surface area (TPSA) is 55.1 Å². The van der Waals surface area contributed by atoms with Crippen molar-refractivity contribution < 1.29 is 4.79 Å². The first-order valence-corrected chi connectivity index (χ1v) is 8.11. The Kier molecular flexibility index (Phi) is 7.44. The van der Waals surface area contributed by atoms with Crippen LogP contribution in [0.25, 0.3) is 0 Å². The Balaban J connectivity index is 2.32. The second kappa shape index (κ2) is 8.57. The normalized spacial score (nSPS) is 19.9. The third-order valence-corrected chi connectivity index (χ3v) is 4.53. The van der Waals surface area contributed by atoms with Crippen LogP contribution in [0.2, 0.25) is 0 Å². The van der Waals surface area contributed by atoms with Crippen molar-refractivity contribution in [2.45, 2.75) is 84.1 Å². The molecule has 3 N–H and O–H groups in total. The predicted octanol–water partition coefficient (Wildman–Crippen LogP) is 3.37. The van der Waals surface area contributed by atoms with Crippen molar-refractivity contribution in [2.75, 3.05) is 6.54 Å². The fourth-order valence-electron chi connectivity index (χ4n) is 3.19. The molecular weight excluding hydrogens is 236 g/mol. The molecule has 0 aromatic carbocycles. The van der Waals surface area contributed by atoms with Gasteiger partial charge in [-0.2, -0.15) is 0 Å². The van der Waals surface area contributed by atoms with Crippen LogP contribution in [-0.4, -0.2) is 18.5 Å². The number of hydrogen-bond donors (Lipinski definition) is 2. The van der Waals surface area contributed by atoms with Gasteiger partial charge in [0.2, 0.25) is 5.91 Å². The number of nitrogens with two attached hydrogens (primary N) is 1. The van der Waals surface area contributed by atoms with Gasteiger partial charge < -0.3 is 11.1 Å². The maximum Gasteiger partial charge on any atom is 0.220 e. The number of nitrogens with one attached hydrogen (secondary N) is 1. The fourth-order valence-corrected chi connectivity index (χ4v) is 3.19. The SMILES string of the molecule is CCCCCC(C)NC(=O)CC1(CN)CCCCC1. The summed E-state index contributed by atoms with van der Waals surface area (Å²) in [4.78, 5) is 12.2. The summed E-state index contributed by atoms with van der Waals surface area (Å²) >= 11 is 0. The van der Waals surface area contributed by atoms with Crippen molar-refractivity contribution in [3.63, 3.8) is 0 Å². The standard InChI is InChI=1S/C16H32N2O/c1-3-4-6-9-14(2)18-15(19)12-16(13-17)10-7-5-8-11-16/h14H,3-13,17H2,1-2H3,(H,18,19). The van der Waals surface area contributed by atoms with E-state index in [1.807, 2.05) is 0 Å². The van der Waals surface area contributed by atoms with Crippen LogP contribution >= 0.6 is 0 Å². The molecule has 1 rings (SSSR count). The molecule has 0 bridgehead atoms. The molecule has 0 radical (unpaired) electrons. The van der Waals surface area contributed by atoms with Gasteiger partial charge in [-0.25, -0.2) is 0 Å². The van der Waals surface area contributed by atoms with E-state index in [4.69, 9.17) is 5.73 Å². The fraction of sp³-hybridized carbons (Fsp3) is 0.938. The Morgan fingerprint density at radius 1 is 1.26 bits per heavy atom. The van der Waals surface area contributed by atoms with Crippen LogP contribution in [0.15, 0.2) is 0 Å². The zero-order chi connectivity index (χ0) is 14.1. The van der Waals surface area contributed by atoms with Crippen molar-refractivity contribution in [2.24, 2.45) is 11.1 Å². The highest BCUT2D eigenvalue weighted by Gasteiger charge is 2.33. The van der Waals surface area contributed by atoms with E-state index in [2.05, 4.69) is 19.2 Å². The molecule has 0 aromatic rings. The molecule has 1 atom stereocenters. The molecule has 0 aliphatic heterocycles. The van der Waals surface area contributed by atoms with Gasteiger partial charge in [0, 0.05) is 12.5 Å². The lowest BCUT2D eigenvalue weighted by Gasteiger charge is -2.36. The Morgan fingerprint density at radius 2 is 1.95 bits per heavy atom. The summed E-state index contributed by atoms with van der Waals surface area (Å²) in [5, 5.41) is 3.15. The Bertz CT molecular complexity index is 259. The van der Waals surface area contributed by atoms with Crippen LogP contribution in [-0.2, 0) is 4.79 Å². The second-order valence-corrected chi connectivity index (χ2v) is 6.41. The second-order valence-electron chi connectivity index (χ2n) is 6.41. The number of carbonyl (C=O) groups is 1. The predicted molar refractivity (Wildman–Crippen MR) is 80.9 cm³/mol. The molecule has 3 nitrogen and oxygen atoms in total. The molecule has 0 aromatic heterocycles. The van der Waals surface area contributed by atoms with Crippen LogP contribution < -0.4 is 11.1 Å². The number of amides is 1. The van der Waals surface area contributed by atoms with Gasteiger partial charge in [-0.15, -0.1) is 0 Å². The van der Waals surface area contributed by atoms with Crippen molar-refractivity contribution in [1.82, 2.24) is 5.32 Å². The Hall–Kier alpha value is -0.570. The summed E-state index contributed by atoms with van der Waals surface area (Å²) in [5.41, 5.74) is 6.02. The zero-order valence-electron chi connectivity index (χ0n) is 12.8. The van der Waals surface area contributed by atoms with Gasteiger partial charge in [0.05, 0.1) is 0 Å². The molecule has 0 heterocycles. The monoisotopic (exact) mass is 268 g/mol. The lowest BCUT2D eigenvalue weighted by Crippen LogP contribution is -2.41. The summed E-state index contributed by atoms with van der Waals surface area (Å²) in [6, 6.07) is 0.303. The minimum atomic E-state index is 0.0888. The molecule has 1 fully saturated rings. The molecule has 0 saturated heterocycles.